The van der Waals surface area contributed by atoms with Gasteiger partial charge in [0.15, 0.2) is 17.7 Å². The fourth-order valence-electron chi connectivity index (χ4n) is 4.36. The Labute approximate surface area is 233 Å². The molecule has 216 valence electrons. The van der Waals surface area contributed by atoms with Gasteiger partial charge in [0.05, 0.1) is 11.9 Å². The summed E-state index contributed by atoms with van der Waals surface area (Å²) in [6.07, 6.45) is -4.10. The Hall–Kier alpha value is -4.39. The number of nitrogens with one attached hydrogen (secondary N) is 3. The number of aromatic nitrogens is 4. The Morgan fingerprint density at radius 3 is 2.54 bits per heavy atom. The molecule has 0 spiro atoms. The summed E-state index contributed by atoms with van der Waals surface area (Å²) in [4.78, 5) is 25.3. The second-order valence-corrected chi connectivity index (χ2v) is 10.7. The molecule has 4 aromatic rings. The van der Waals surface area contributed by atoms with E-state index in [1.165, 1.54) is 29.1 Å². The largest absolute Gasteiger partial charge is 0.398 e. The molecular formula is C24H28N10O6S. The van der Waals surface area contributed by atoms with Crippen LogP contribution in [0.3, 0.4) is 0 Å². The van der Waals surface area contributed by atoms with Crippen LogP contribution in [0.4, 0.5) is 23.1 Å². The van der Waals surface area contributed by atoms with Gasteiger partial charge in [-0.2, -0.15) is 23.1 Å². The van der Waals surface area contributed by atoms with Crippen molar-refractivity contribution in [3.63, 3.8) is 0 Å². The number of hydrogen-bond acceptors (Lipinski definition) is 13. The van der Waals surface area contributed by atoms with Crippen molar-refractivity contribution >= 4 is 50.4 Å². The van der Waals surface area contributed by atoms with Crippen molar-refractivity contribution in [3.05, 3.63) is 66.0 Å². The molecule has 16 nitrogen and oxygen atoms in total. The average Bonchev–Trinajstić information content (AvgIpc) is 3.48. The van der Waals surface area contributed by atoms with E-state index < -0.39 is 47.2 Å². The molecule has 2 aromatic carbocycles. The molecule has 1 amide bonds. The summed E-state index contributed by atoms with van der Waals surface area (Å²) in [7, 11) is -4.38. The Morgan fingerprint density at radius 1 is 1.05 bits per heavy atom. The molecular weight excluding hydrogens is 556 g/mol. The highest BCUT2D eigenvalue weighted by Crippen LogP contribution is 2.32. The number of amides is 1. The fraction of sp³-hybridized carbons (Fsp3) is 0.250. The van der Waals surface area contributed by atoms with Crippen LogP contribution in [0, 0.1) is 0 Å². The highest BCUT2D eigenvalue weighted by atomic mass is 32.2. The van der Waals surface area contributed by atoms with E-state index in [4.69, 9.17) is 21.9 Å². The van der Waals surface area contributed by atoms with E-state index in [1.807, 2.05) is 22.9 Å². The van der Waals surface area contributed by atoms with Gasteiger partial charge >= 0.3 is 10.2 Å². The van der Waals surface area contributed by atoms with E-state index in [1.54, 1.807) is 12.1 Å². The number of nitrogens with two attached hydrogens (primary N) is 3. The minimum atomic E-state index is -4.38. The molecule has 41 heavy (non-hydrogen) atoms. The smallest absolute Gasteiger partial charge is 0.301 e. The number of carbonyl (C=O) groups excluding carboxylic acids is 1. The maximum atomic E-state index is 12.5. The normalized spacial score (nSPS) is 20.8. The number of aliphatic hydroxyl groups excluding tert-OH is 2. The number of ether oxygens (including phenoxy) is 1. The zero-order chi connectivity index (χ0) is 29.3. The number of aliphatic hydroxyl groups is 2. The van der Waals surface area contributed by atoms with Crippen molar-refractivity contribution in [1.82, 2.24) is 29.0 Å². The van der Waals surface area contributed by atoms with Crippen LogP contribution >= 0.6 is 0 Å². The van der Waals surface area contributed by atoms with Crippen molar-refractivity contribution < 1.29 is 28.2 Å². The summed E-state index contributed by atoms with van der Waals surface area (Å²) in [5, 5.41) is 24.5. The minimum absolute atomic E-state index is 0.0286. The number of para-hydroxylation sites is 2. The lowest BCUT2D eigenvalue weighted by Gasteiger charge is -2.17. The number of imidazole rings is 1. The molecule has 1 aliphatic rings. The van der Waals surface area contributed by atoms with E-state index in [0.29, 0.717) is 5.69 Å². The zero-order valence-electron chi connectivity index (χ0n) is 21.4. The van der Waals surface area contributed by atoms with E-state index >= 15 is 0 Å². The fourth-order valence-corrected chi connectivity index (χ4v) is 5.17. The van der Waals surface area contributed by atoms with E-state index in [0.717, 1.165) is 5.56 Å². The quantitative estimate of drug-likeness (QED) is 0.111. The van der Waals surface area contributed by atoms with Crippen molar-refractivity contribution in [2.45, 2.75) is 31.1 Å². The summed E-state index contributed by atoms with van der Waals surface area (Å²) < 4.78 is 36.1. The number of carbonyl (C=O) groups is 1. The molecule has 4 atom stereocenters. The third kappa shape index (κ3) is 5.75. The van der Waals surface area contributed by atoms with Gasteiger partial charge in [-0.25, -0.2) is 9.71 Å². The monoisotopic (exact) mass is 584 g/mol. The average molecular weight is 585 g/mol. The minimum Gasteiger partial charge on any atom is -0.398 e. The van der Waals surface area contributed by atoms with Gasteiger partial charge in [-0.05, 0) is 23.8 Å². The molecule has 5 rings (SSSR count). The molecule has 1 fully saturated rings. The molecule has 0 saturated carbocycles. The van der Waals surface area contributed by atoms with Gasteiger partial charge in [-0.15, -0.1) is 0 Å². The van der Waals surface area contributed by atoms with Crippen LogP contribution < -0.4 is 32.0 Å². The standard InChI is InChI=1S/C24H28N10O6S/c25-9-12-5-1-4-8-15(12)30-24-31-20(27)17-21(32-24)34(11-28-17)23-19(36)18(35)16(40-23)10-29-41(38,39)33-22(37)13-6-2-3-7-14(13)26/h1-8,11,16,18-19,23,29,35-36H,9-10,25-26H2,(H,33,37)(H3,27,30,31,32). The topological polar surface area (TPSA) is 259 Å². The summed E-state index contributed by atoms with van der Waals surface area (Å²) in [6.45, 7) is -0.206. The lowest BCUT2D eigenvalue weighted by molar-refractivity contribution is -0.0330. The molecule has 4 unspecified atom stereocenters. The Balaban J connectivity index is 1.32. The first-order valence-electron chi connectivity index (χ1n) is 12.3. The third-order valence-electron chi connectivity index (χ3n) is 6.45. The van der Waals surface area contributed by atoms with Crippen molar-refractivity contribution in [2.24, 2.45) is 5.73 Å². The summed E-state index contributed by atoms with van der Waals surface area (Å²) >= 11 is 0. The second kappa shape index (κ2) is 11.2. The Kier molecular flexibility index (Phi) is 7.72. The van der Waals surface area contributed by atoms with Crippen LogP contribution in [-0.2, 0) is 21.5 Å². The Bertz CT molecular complexity index is 1700. The van der Waals surface area contributed by atoms with Crippen molar-refractivity contribution in [2.75, 3.05) is 23.3 Å². The molecule has 2 aromatic heterocycles. The van der Waals surface area contributed by atoms with Crippen LogP contribution in [0.2, 0.25) is 0 Å². The van der Waals surface area contributed by atoms with Crippen LogP contribution in [0.15, 0.2) is 54.9 Å². The van der Waals surface area contributed by atoms with E-state index in [2.05, 4.69) is 25.0 Å². The van der Waals surface area contributed by atoms with Gasteiger partial charge in [0.2, 0.25) is 5.95 Å². The van der Waals surface area contributed by atoms with Gasteiger partial charge in [-0.1, -0.05) is 30.3 Å². The van der Waals surface area contributed by atoms with Crippen LogP contribution in [0.25, 0.3) is 11.2 Å². The van der Waals surface area contributed by atoms with Crippen LogP contribution in [0.5, 0.6) is 0 Å². The van der Waals surface area contributed by atoms with Crippen molar-refractivity contribution in [3.8, 4) is 0 Å². The number of benzene rings is 2. The van der Waals surface area contributed by atoms with Crippen LogP contribution in [-0.4, -0.2) is 68.9 Å². The maximum Gasteiger partial charge on any atom is 0.301 e. The van der Waals surface area contributed by atoms with E-state index in [-0.39, 0.29) is 40.7 Å². The van der Waals surface area contributed by atoms with Gasteiger partial charge in [0.1, 0.15) is 23.8 Å². The molecule has 1 aliphatic heterocycles. The first-order chi connectivity index (χ1) is 19.6. The summed E-state index contributed by atoms with van der Waals surface area (Å²) in [5.74, 6) is -0.763. The highest BCUT2D eigenvalue weighted by Gasteiger charge is 2.44. The summed E-state index contributed by atoms with van der Waals surface area (Å²) in [5.41, 5.74) is 19.6. The highest BCUT2D eigenvalue weighted by molar-refractivity contribution is 7.88. The SMILES string of the molecule is NCc1ccccc1Nc1nc(N)c2ncn(C3OC(CNS(=O)(=O)NC(=O)c4ccccc4N)C(O)C3O)c2n1. The molecule has 0 radical (unpaired) electrons. The van der Waals surface area contributed by atoms with Gasteiger partial charge in [-0.3, -0.25) is 9.36 Å². The number of fused-ring (bicyclic) bond motifs is 1. The zero-order valence-corrected chi connectivity index (χ0v) is 22.2. The lowest BCUT2D eigenvalue weighted by atomic mass is 10.1. The van der Waals surface area contributed by atoms with Crippen LogP contribution in [0.1, 0.15) is 22.1 Å². The number of anilines is 4. The number of rotatable bonds is 9. The first kappa shape index (κ1) is 28.1. The van der Waals surface area contributed by atoms with E-state index in [9.17, 15) is 23.4 Å². The van der Waals surface area contributed by atoms with Gasteiger partial charge in [0.25, 0.3) is 5.91 Å². The van der Waals surface area contributed by atoms with Gasteiger partial charge < -0.3 is 37.5 Å². The maximum absolute atomic E-state index is 12.5. The predicted octanol–water partition coefficient (Wildman–Crippen LogP) is -0.923. The number of nitrogen functional groups attached to an aromatic ring is 2. The first-order valence-corrected chi connectivity index (χ1v) is 13.8. The molecule has 0 bridgehead atoms. The second-order valence-electron chi connectivity index (χ2n) is 9.16. The van der Waals surface area contributed by atoms with Crippen molar-refractivity contribution in [1.29, 1.82) is 0 Å². The Morgan fingerprint density at radius 2 is 1.78 bits per heavy atom. The molecule has 0 aliphatic carbocycles. The molecule has 17 heteroatoms. The predicted molar refractivity (Wildman–Crippen MR) is 149 cm³/mol. The third-order valence-corrected chi connectivity index (χ3v) is 7.45. The number of nitrogens with zero attached hydrogens (tertiary/aromatic N) is 4. The molecule has 3 heterocycles. The number of hydrogen-bond donors (Lipinski definition) is 8. The molecule has 1 saturated heterocycles. The molecule has 11 N–H and O–H groups in total. The lowest BCUT2D eigenvalue weighted by Crippen LogP contribution is -2.45. The van der Waals surface area contributed by atoms with Gasteiger partial charge in [0, 0.05) is 24.5 Å². The summed E-state index contributed by atoms with van der Waals surface area (Å²) in [6, 6.07) is 13.3.